The highest BCUT2D eigenvalue weighted by Gasteiger charge is 2.34. The molecule has 0 fully saturated rings. The van der Waals surface area contributed by atoms with Crippen LogP contribution in [-0.2, 0) is 11.3 Å². The molecule has 0 bridgehead atoms. The zero-order valence-corrected chi connectivity index (χ0v) is 20.1. The van der Waals surface area contributed by atoms with E-state index in [0.717, 1.165) is 27.7 Å². The van der Waals surface area contributed by atoms with Crippen molar-refractivity contribution in [1.82, 2.24) is 14.6 Å². The quantitative estimate of drug-likeness (QED) is 0.354. The van der Waals surface area contributed by atoms with Crippen molar-refractivity contribution in [3.05, 3.63) is 123 Å². The molecule has 0 saturated heterocycles. The van der Waals surface area contributed by atoms with Gasteiger partial charge in [0.25, 0.3) is 11.5 Å². The predicted octanol–water partition coefficient (Wildman–Crippen LogP) is 4.58. The summed E-state index contributed by atoms with van der Waals surface area (Å²) >= 11 is 1.14. The SMILES string of the molecule is O=C1C(=c2sc3nc(-c4cccc5ccccc45)nn3c2=O)c2ccccc2N1Cc1ccccc1F. The van der Waals surface area contributed by atoms with Crippen LogP contribution in [0.1, 0.15) is 11.1 Å². The Morgan fingerprint density at radius 2 is 1.54 bits per heavy atom. The first kappa shape index (κ1) is 21.6. The molecule has 2 aromatic heterocycles. The van der Waals surface area contributed by atoms with E-state index in [1.54, 1.807) is 30.3 Å². The smallest absolute Gasteiger partial charge is 0.291 e. The lowest BCUT2D eigenvalue weighted by atomic mass is 10.0. The molecule has 0 aliphatic carbocycles. The first-order valence-electron chi connectivity index (χ1n) is 11.7. The Hall–Kier alpha value is -4.69. The summed E-state index contributed by atoms with van der Waals surface area (Å²) in [5.41, 5.74) is 2.41. The van der Waals surface area contributed by atoms with Crippen LogP contribution in [0.15, 0.2) is 95.8 Å². The second kappa shape index (κ2) is 8.18. The second-order valence-corrected chi connectivity index (χ2v) is 9.75. The molecule has 1 amide bonds. The number of halogens is 1. The molecule has 8 heteroatoms. The van der Waals surface area contributed by atoms with Crippen molar-refractivity contribution in [3.63, 3.8) is 0 Å². The van der Waals surface area contributed by atoms with Gasteiger partial charge >= 0.3 is 0 Å². The lowest BCUT2D eigenvalue weighted by molar-refractivity contribution is -0.113. The third-order valence-electron chi connectivity index (χ3n) is 6.62. The summed E-state index contributed by atoms with van der Waals surface area (Å²) in [6.45, 7) is 0.0617. The maximum absolute atomic E-state index is 14.4. The van der Waals surface area contributed by atoms with Crippen LogP contribution in [0, 0.1) is 5.82 Å². The molecule has 6 aromatic rings. The maximum Gasteiger partial charge on any atom is 0.291 e. The first-order valence-corrected chi connectivity index (χ1v) is 12.5. The minimum absolute atomic E-state index is 0.0617. The number of para-hydroxylation sites is 1. The van der Waals surface area contributed by atoms with Crippen LogP contribution in [-0.4, -0.2) is 20.5 Å². The molecular weight excluding hydrogens is 487 g/mol. The monoisotopic (exact) mass is 504 g/mol. The Labute approximate surface area is 213 Å². The van der Waals surface area contributed by atoms with Crippen molar-refractivity contribution in [1.29, 1.82) is 0 Å². The highest BCUT2D eigenvalue weighted by Crippen LogP contribution is 2.36. The van der Waals surface area contributed by atoms with Crippen LogP contribution in [0.4, 0.5) is 10.1 Å². The average Bonchev–Trinajstić information content (AvgIpc) is 3.55. The number of benzene rings is 4. The van der Waals surface area contributed by atoms with Crippen LogP contribution in [0.2, 0.25) is 0 Å². The molecule has 3 heterocycles. The number of nitrogens with zero attached hydrogens (tertiary/aromatic N) is 4. The summed E-state index contributed by atoms with van der Waals surface area (Å²) < 4.78 is 15.9. The predicted molar refractivity (Wildman–Crippen MR) is 142 cm³/mol. The van der Waals surface area contributed by atoms with Crippen molar-refractivity contribution >= 4 is 44.2 Å². The summed E-state index contributed by atoms with van der Waals surface area (Å²) in [5, 5.41) is 6.57. The maximum atomic E-state index is 14.4. The number of hydrogen-bond acceptors (Lipinski definition) is 5. The molecule has 6 nitrogen and oxygen atoms in total. The fraction of sp³-hybridized carbons (Fsp3) is 0.0345. The summed E-state index contributed by atoms with van der Waals surface area (Å²) in [6.07, 6.45) is 0. The van der Waals surface area contributed by atoms with E-state index >= 15 is 0 Å². The standard InChI is InChI=1S/C29H17FN4O2S/c30-22-14-5-2-9-18(22)16-33-23-15-6-4-12-21(23)24(27(33)35)25-28(36)34-29(37-25)31-26(32-34)20-13-7-10-17-8-1-3-11-19(17)20/h1-15H,16H2. The molecule has 0 N–H and O–H groups in total. The fourth-order valence-electron chi connectivity index (χ4n) is 4.87. The Balaban J connectivity index is 1.39. The van der Waals surface area contributed by atoms with Gasteiger partial charge in [-0.05, 0) is 22.9 Å². The van der Waals surface area contributed by atoms with Crippen molar-refractivity contribution < 1.29 is 9.18 Å². The first-order chi connectivity index (χ1) is 18.1. The van der Waals surface area contributed by atoms with Gasteiger partial charge in [0.2, 0.25) is 4.96 Å². The Bertz CT molecular complexity index is 1990. The van der Waals surface area contributed by atoms with Gasteiger partial charge in [-0.1, -0.05) is 90.2 Å². The molecule has 0 unspecified atom stereocenters. The van der Waals surface area contributed by atoms with Gasteiger partial charge in [-0.2, -0.15) is 9.50 Å². The summed E-state index contributed by atoms with van der Waals surface area (Å²) in [4.78, 5) is 33.7. The summed E-state index contributed by atoms with van der Waals surface area (Å²) in [5.74, 6) is -0.276. The largest absolute Gasteiger partial charge is 0.303 e. The fourth-order valence-corrected chi connectivity index (χ4v) is 5.87. The van der Waals surface area contributed by atoms with Crippen LogP contribution < -0.4 is 15.0 Å². The Morgan fingerprint density at radius 1 is 0.811 bits per heavy atom. The lowest BCUT2D eigenvalue weighted by Crippen LogP contribution is -2.32. The topological polar surface area (TPSA) is 67.6 Å². The van der Waals surface area contributed by atoms with Gasteiger partial charge in [0.1, 0.15) is 10.3 Å². The number of hydrogen-bond donors (Lipinski definition) is 0. The van der Waals surface area contributed by atoms with Crippen LogP contribution in [0.25, 0.3) is 32.7 Å². The molecule has 0 radical (unpaired) electrons. The zero-order valence-electron chi connectivity index (χ0n) is 19.3. The van der Waals surface area contributed by atoms with Crippen molar-refractivity contribution in [2.24, 2.45) is 0 Å². The van der Waals surface area contributed by atoms with Crippen LogP contribution in [0.3, 0.4) is 0 Å². The van der Waals surface area contributed by atoms with E-state index in [-0.39, 0.29) is 22.8 Å². The highest BCUT2D eigenvalue weighted by atomic mass is 32.1. The molecule has 1 aliphatic rings. The molecule has 0 spiro atoms. The molecule has 0 saturated carbocycles. The molecule has 0 atom stereocenters. The van der Waals surface area contributed by atoms with Gasteiger partial charge < -0.3 is 4.90 Å². The molecule has 7 rings (SSSR count). The van der Waals surface area contributed by atoms with Gasteiger partial charge in [-0.3, -0.25) is 9.59 Å². The number of aromatic nitrogens is 3. The summed E-state index contributed by atoms with van der Waals surface area (Å²) in [7, 11) is 0. The molecule has 37 heavy (non-hydrogen) atoms. The van der Waals surface area contributed by atoms with Gasteiger partial charge in [-0.25, -0.2) is 4.39 Å². The van der Waals surface area contributed by atoms with E-state index in [1.807, 2.05) is 54.6 Å². The van der Waals surface area contributed by atoms with Gasteiger partial charge in [0.05, 0.1) is 17.8 Å². The second-order valence-electron chi connectivity index (χ2n) is 8.77. The number of carbonyl (C=O) groups excluding carboxylic acids is 1. The minimum atomic E-state index is -0.398. The van der Waals surface area contributed by atoms with E-state index < -0.39 is 5.56 Å². The van der Waals surface area contributed by atoms with Crippen molar-refractivity contribution in [2.75, 3.05) is 4.90 Å². The third kappa shape index (κ3) is 3.30. The number of carbonyl (C=O) groups is 1. The molecule has 178 valence electrons. The zero-order chi connectivity index (χ0) is 25.1. The van der Waals surface area contributed by atoms with Gasteiger partial charge in [0, 0.05) is 16.7 Å². The number of fused-ring (bicyclic) bond motifs is 3. The van der Waals surface area contributed by atoms with Gasteiger partial charge in [0.15, 0.2) is 5.82 Å². The van der Waals surface area contributed by atoms with Gasteiger partial charge in [-0.15, -0.1) is 5.10 Å². The molecule has 4 aromatic carbocycles. The van der Waals surface area contributed by atoms with Crippen LogP contribution in [0.5, 0.6) is 0 Å². The number of anilines is 1. The average molecular weight is 505 g/mol. The third-order valence-corrected chi connectivity index (χ3v) is 7.65. The van der Waals surface area contributed by atoms with Crippen LogP contribution >= 0.6 is 11.3 Å². The Morgan fingerprint density at radius 3 is 2.41 bits per heavy atom. The van der Waals surface area contributed by atoms with E-state index in [9.17, 15) is 14.0 Å². The number of amides is 1. The number of thiazole rings is 1. The van der Waals surface area contributed by atoms with E-state index in [1.165, 1.54) is 15.5 Å². The normalized spacial score (nSPS) is 14.6. The highest BCUT2D eigenvalue weighted by molar-refractivity contribution is 7.15. The van der Waals surface area contributed by atoms with Crippen molar-refractivity contribution in [2.45, 2.75) is 6.54 Å². The minimum Gasteiger partial charge on any atom is -0.303 e. The molecule has 1 aliphatic heterocycles. The molecular formula is C29H17FN4O2S. The van der Waals surface area contributed by atoms with E-state index in [0.29, 0.717) is 33.2 Å². The number of rotatable bonds is 3. The lowest BCUT2D eigenvalue weighted by Gasteiger charge is -2.17. The van der Waals surface area contributed by atoms with E-state index in [4.69, 9.17) is 0 Å². The Kier molecular flexibility index (Phi) is 4.77. The summed E-state index contributed by atoms with van der Waals surface area (Å²) in [6, 6.07) is 27.4. The van der Waals surface area contributed by atoms with E-state index in [2.05, 4.69) is 10.1 Å². The van der Waals surface area contributed by atoms with Crippen molar-refractivity contribution in [3.8, 4) is 11.4 Å².